The number of sulfone groups is 1. The fourth-order valence-corrected chi connectivity index (χ4v) is 7.09. The van der Waals surface area contributed by atoms with Gasteiger partial charge in [0, 0.05) is 11.3 Å². The highest BCUT2D eigenvalue weighted by Gasteiger charge is 2.69. The summed E-state index contributed by atoms with van der Waals surface area (Å²) in [6.45, 7) is 8.01. The molecule has 0 aromatic heterocycles. The first-order valence-electron chi connectivity index (χ1n) is 11.2. The largest absolute Gasteiger partial charge is 0.304 e. The summed E-state index contributed by atoms with van der Waals surface area (Å²) in [6.07, 6.45) is 0. The van der Waals surface area contributed by atoms with Gasteiger partial charge in [-0.15, -0.1) is 0 Å². The van der Waals surface area contributed by atoms with Crippen LogP contribution in [0.15, 0.2) is 60.7 Å². The summed E-state index contributed by atoms with van der Waals surface area (Å²) in [5.41, 5.74) is 6.17. The number of fused-ring (bicyclic) bond motifs is 2. The van der Waals surface area contributed by atoms with E-state index in [1.165, 1.54) is 9.80 Å². The summed E-state index contributed by atoms with van der Waals surface area (Å²) in [6, 6.07) is 18.2. The molecule has 0 saturated carbocycles. The number of anilines is 2. The summed E-state index contributed by atoms with van der Waals surface area (Å²) >= 11 is 0. The highest BCUT2D eigenvalue weighted by molar-refractivity contribution is 7.94. The van der Waals surface area contributed by atoms with Crippen LogP contribution in [0.5, 0.6) is 0 Å². The smallest absolute Gasteiger partial charge is 0.274 e. The summed E-state index contributed by atoms with van der Waals surface area (Å²) < 4.78 is 27.4. The molecule has 1 fully saturated rings. The Kier molecular flexibility index (Phi) is 4.95. The van der Waals surface area contributed by atoms with Crippen molar-refractivity contribution in [3.05, 3.63) is 94.0 Å². The molecular formula is C27H26N2O4S. The molecule has 3 aromatic carbocycles. The van der Waals surface area contributed by atoms with Crippen molar-refractivity contribution in [2.24, 2.45) is 0 Å². The molecule has 0 radical (unpaired) electrons. The predicted molar refractivity (Wildman–Crippen MR) is 132 cm³/mol. The van der Waals surface area contributed by atoms with Crippen molar-refractivity contribution in [1.82, 2.24) is 0 Å². The zero-order valence-corrected chi connectivity index (χ0v) is 20.4. The molecular weight excluding hydrogens is 448 g/mol. The lowest BCUT2D eigenvalue weighted by Gasteiger charge is -2.33. The molecule has 0 N–H and O–H groups in total. The Labute approximate surface area is 199 Å². The summed E-state index contributed by atoms with van der Waals surface area (Å²) in [5, 5.41) is 0. The molecule has 2 heterocycles. The zero-order valence-electron chi connectivity index (χ0n) is 19.6. The summed E-state index contributed by atoms with van der Waals surface area (Å²) in [5.74, 6) is -1.92. The molecule has 1 atom stereocenters. The number of hydrogen-bond donors (Lipinski definition) is 0. The van der Waals surface area contributed by atoms with E-state index in [9.17, 15) is 18.0 Å². The van der Waals surface area contributed by atoms with Gasteiger partial charge in [-0.1, -0.05) is 48.0 Å². The average molecular weight is 475 g/mol. The number of hydrogen-bond acceptors (Lipinski definition) is 4. The van der Waals surface area contributed by atoms with Crippen molar-refractivity contribution in [2.45, 2.75) is 39.1 Å². The van der Waals surface area contributed by atoms with Crippen LogP contribution in [0.4, 0.5) is 11.4 Å². The lowest BCUT2D eigenvalue weighted by atomic mass is 10.0. The second kappa shape index (κ2) is 7.53. The first-order chi connectivity index (χ1) is 16.1. The van der Waals surface area contributed by atoms with Crippen LogP contribution in [0.2, 0.25) is 0 Å². The number of carbonyl (C=O) groups is 2. The van der Waals surface area contributed by atoms with Crippen molar-refractivity contribution in [3.63, 3.8) is 0 Å². The van der Waals surface area contributed by atoms with E-state index < -0.39 is 32.3 Å². The SMILES string of the molecule is Cc1ccc(C)c(CN2C(=O)C3(c4ccccc42)N(c2ccc(C)c(C)c2)C(=O)CS3(=O)=O)c1. The maximum Gasteiger partial charge on any atom is 0.274 e. The number of nitrogens with zero attached hydrogens (tertiary/aromatic N) is 2. The molecule has 1 spiro atoms. The number of aryl methyl sites for hydroxylation is 4. The normalized spacial score (nSPS) is 20.9. The average Bonchev–Trinajstić information content (AvgIpc) is 3.15. The summed E-state index contributed by atoms with van der Waals surface area (Å²) in [4.78, 5) is 28.1. The molecule has 7 heteroatoms. The van der Waals surface area contributed by atoms with Crippen molar-refractivity contribution in [3.8, 4) is 0 Å². The first kappa shape index (κ1) is 22.3. The summed E-state index contributed by atoms with van der Waals surface area (Å²) in [7, 11) is -4.18. The van der Waals surface area contributed by atoms with Crippen LogP contribution < -0.4 is 9.80 Å². The minimum Gasteiger partial charge on any atom is -0.304 e. The van der Waals surface area contributed by atoms with Crippen LogP contribution in [-0.2, 0) is 30.8 Å². The van der Waals surface area contributed by atoms with Crippen molar-refractivity contribution >= 4 is 33.0 Å². The highest BCUT2D eigenvalue weighted by Crippen LogP contribution is 2.53. The van der Waals surface area contributed by atoms with Gasteiger partial charge in [0.25, 0.3) is 10.8 Å². The van der Waals surface area contributed by atoms with Gasteiger partial charge in [0.2, 0.25) is 5.91 Å². The van der Waals surface area contributed by atoms with Crippen molar-refractivity contribution < 1.29 is 18.0 Å². The van der Waals surface area contributed by atoms with Crippen molar-refractivity contribution in [1.29, 1.82) is 0 Å². The highest BCUT2D eigenvalue weighted by atomic mass is 32.2. The number of carbonyl (C=O) groups excluding carboxylic acids is 2. The van der Waals surface area contributed by atoms with Crippen LogP contribution in [0.1, 0.15) is 33.4 Å². The van der Waals surface area contributed by atoms with Crippen molar-refractivity contribution in [2.75, 3.05) is 15.6 Å². The van der Waals surface area contributed by atoms with E-state index in [4.69, 9.17) is 0 Å². The van der Waals surface area contributed by atoms with E-state index in [1.54, 1.807) is 36.4 Å². The molecule has 0 bridgehead atoms. The van der Waals surface area contributed by atoms with Gasteiger partial charge in [-0.2, -0.15) is 0 Å². The quantitative estimate of drug-likeness (QED) is 0.573. The molecule has 1 unspecified atom stereocenters. The van der Waals surface area contributed by atoms with Crippen LogP contribution in [0.25, 0.3) is 0 Å². The van der Waals surface area contributed by atoms with E-state index in [0.29, 0.717) is 16.9 Å². The Morgan fingerprint density at radius 3 is 2.29 bits per heavy atom. The standard InChI is InChI=1S/C27H26N2O4S/c1-17-9-10-19(3)21(13-17)15-28-24-8-6-5-7-23(24)27(26(28)31)29(25(30)16-34(27,32)33)22-12-11-18(2)20(4)14-22/h5-14H,15-16H2,1-4H3. The van der Waals surface area contributed by atoms with Gasteiger partial charge >= 0.3 is 0 Å². The zero-order chi connectivity index (χ0) is 24.4. The topological polar surface area (TPSA) is 74.8 Å². The Balaban J connectivity index is 1.75. The third-order valence-corrected chi connectivity index (χ3v) is 9.11. The molecule has 0 aliphatic carbocycles. The van der Waals surface area contributed by atoms with Gasteiger partial charge in [-0.05, 0) is 68.1 Å². The monoisotopic (exact) mass is 474 g/mol. The molecule has 174 valence electrons. The van der Waals surface area contributed by atoms with Gasteiger partial charge in [-0.3, -0.25) is 14.5 Å². The molecule has 2 aliphatic heterocycles. The lowest BCUT2D eigenvalue weighted by molar-refractivity contribution is -0.123. The van der Waals surface area contributed by atoms with Crippen LogP contribution >= 0.6 is 0 Å². The number of amides is 2. The Morgan fingerprint density at radius 1 is 0.853 bits per heavy atom. The number of rotatable bonds is 3. The second-order valence-electron chi connectivity index (χ2n) is 9.24. The Hall–Kier alpha value is -3.45. The fraction of sp³-hybridized carbons (Fsp3) is 0.259. The second-order valence-corrected chi connectivity index (χ2v) is 11.3. The first-order valence-corrected chi connectivity index (χ1v) is 12.8. The number of benzene rings is 3. The van der Waals surface area contributed by atoms with E-state index in [2.05, 4.69) is 0 Å². The minimum atomic E-state index is -4.18. The molecule has 6 nitrogen and oxygen atoms in total. The van der Waals surface area contributed by atoms with E-state index in [0.717, 1.165) is 27.8 Å². The maximum atomic E-state index is 14.2. The molecule has 1 saturated heterocycles. The predicted octanol–water partition coefficient (Wildman–Crippen LogP) is 4.08. The van der Waals surface area contributed by atoms with Gasteiger partial charge in [0.05, 0.1) is 12.2 Å². The van der Waals surface area contributed by atoms with Crippen LogP contribution in [-0.4, -0.2) is 26.0 Å². The molecule has 3 aromatic rings. The lowest BCUT2D eigenvalue weighted by Crippen LogP contribution is -2.54. The van der Waals surface area contributed by atoms with E-state index in [-0.39, 0.29) is 6.54 Å². The molecule has 5 rings (SSSR count). The molecule has 2 amide bonds. The van der Waals surface area contributed by atoms with Crippen LogP contribution in [0, 0.1) is 27.7 Å². The third kappa shape index (κ3) is 2.96. The van der Waals surface area contributed by atoms with Gasteiger partial charge in [0.1, 0.15) is 5.75 Å². The molecule has 34 heavy (non-hydrogen) atoms. The Morgan fingerprint density at radius 2 is 1.56 bits per heavy atom. The molecule has 2 aliphatic rings. The fourth-order valence-electron chi connectivity index (χ4n) is 5.05. The third-order valence-electron chi connectivity index (χ3n) is 7.00. The van der Waals surface area contributed by atoms with E-state index in [1.807, 2.05) is 52.0 Å². The van der Waals surface area contributed by atoms with Gasteiger partial charge in [-0.25, -0.2) is 8.42 Å². The van der Waals surface area contributed by atoms with Crippen LogP contribution in [0.3, 0.4) is 0 Å². The van der Waals surface area contributed by atoms with Gasteiger partial charge < -0.3 is 4.90 Å². The Bertz CT molecular complexity index is 1480. The van der Waals surface area contributed by atoms with E-state index >= 15 is 0 Å². The van der Waals surface area contributed by atoms with Gasteiger partial charge in [0.15, 0.2) is 9.84 Å². The minimum absolute atomic E-state index is 0.218. The maximum absolute atomic E-state index is 14.2. The number of para-hydroxylation sites is 1.